The highest BCUT2D eigenvalue weighted by atomic mass is 19.4. The zero-order valence-electron chi connectivity index (χ0n) is 16.8. The first-order valence-electron chi connectivity index (χ1n) is 9.94. The number of carboxylic acid groups (broad SMARTS) is 1. The molecule has 1 saturated carbocycles. The van der Waals surface area contributed by atoms with Crippen LogP contribution in [0.15, 0.2) is 0 Å². The second-order valence-electron chi connectivity index (χ2n) is 8.08. The first-order valence-corrected chi connectivity index (χ1v) is 9.94. The van der Waals surface area contributed by atoms with Gasteiger partial charge in [-0.2, -0.15) is 13.2 Å². The number of nitrogens with zero attached hydrogens (tertiary/aromatic N) is 2. The first-order chi connectivity index (χ1) is 13.5. The molecule has 0 aromatic carbocycles. The molecule has 2 atom stereocenters. The average molecular weight is 422 g/mol. The Morgan fingerprint density at radius 1 is 1.21 bits per heavy atom. The second kappa shape index (κ2) is 9.32. The van der Waals surface area contributed by atoms with Crippen molar-refractivity contribution in [3.63, 3.8) is 0 Å². The number of carbonyl (C=O) groups excluding carboxylic acids is 2. The summed E-state index contributed by atoms with van der Waals surface area (Å²) in [6.45, 7) is 8.30. The molecule has 0 spiro atoms. The molecule has 0 radical (unpaired) electrons. The lowest BCUT2D eigenvalue weighted by molar-refractivity contribution is -0.192. The summed E-state index contributed by atoms with van der Waals surface area (Å²) in [5, 5.41) is 7.12. The van der Waals surface area contributed by atoms with Crippen LogP contribution in [-0.4, -0.2) is 78.3 Å². The highest BCUT2D eigenvalue weighted by molar-refractivity contribution is 5.81. The zero-order valence-corrected chi connectivity index (χ0v) is 16.8. The van der Waals surface area contributed by atoms with Crippen LogP contribution in [0, 0.1) is 17.3 Å². The molecule has 1 amide bonds. The number of fused-ring (bicyclic) bond motifs is 1. The van der Waals surface area contributed by atoms with Crippen molar-refractivity contribution in [1.82, 2.24) is 9.80 Å². The lowest BCUT2D eigenvalue weighted by Gasteiger charge is -2.31. The molecule has 1 N–H and O–H groups in total. The minimum absolute atomic E-state index is 0.0745. The van der Waals surface area contributed by atoms with Crippen molar-refractivity contribution in [2.75, 3.05) is 39.3 Å². The van der Waals surface area contributed by atoms with Gasteiger partial charge in [-0.1, -0.05) is 0 Å². The molecule has 3 rings (SSSR count). The van der Waals surface area contributed by atoms with Crippen LogP contribution in [0.2, 0.25) is 0 Å². The van der Waals surface area contributed by atoms with Crippen molar-refractivity contribution < 1.29 is 37.4 Å². The maximum absolute atomic E-state index is 12.7. The third kappa shape index (κ3) is 6.07. The molecule has 2 aliphatic heterocycles. The molecule has 0 aromatic heterocycles. The predicted molar refractivity (Wildman–Crippen MR) is 96.9 cm³/mol. The fraction of sp³-hybridized carbons (Fsp3) is 0.842. The van der Waals surface area contributed by atoms with E-state index in [-0.39, 0.29) is 17.8 Å². The van der Waals surface area contributed by atoms with E-state index in [1.807, 2.05) is 11.8 Å². The van der Waals surface area contributed by atoms with Crippen molar-refractivity contribution in [3.05, 3.63) is 0 Å². The molecule has 166 valence electrons. The highest BCUT2D eigenvalue weighted by Crippen LogP contribution is 2.44. The number of esters is 1. The molecule has 7 nitrogen and oxygen atoms in total. The van der Waals surface area contributed by atoms with Crippen LogP contribution >= 0.6 is 0 Å². The van der Waals surface area contributed by atoms with Crippen molar-refractivity contribution in [3.8, 4) is 0 Å². The van der Waals surface area contributed by atoms with Gasteiger partial charge in [-0.25, -0.2) is 4.79 Å². The molecular weight excluding hydrogens is 393 g/mol. The van der Waals surface area contributed by atoms with Crippen molar-refractivity contribution in [2.45, 2.75) is 45.7 Å². The number of carboxylic acids is 1. The molecule has 3 fully saturated rings. The molecule has 2 saturated heterocycles. The van der Waals surface area contributed by atoms with Gasteiger partial charge >= 0.3 is 18.1 Å². The van der Waals surface area contributed by atoms with E-state index in [4.69, 9.17) is 14.6 Å². The number of alkyl halides is 3. The van der Waals surface area contributed by atoms with E-state index < -0.39 is 17.6 Å². The van der Waals surface area contributed by atoms with E-state index in [1.165, 1.54) is 12.8 Å². The van der Waals surface area contributed by atoms with Crippen LogP contribution in [0.3, 0.4) is 0 Å². The van der Waals surface area contributed by atoms with Gasteiger partial charge in [0.1, 0.15) is 0 Å². The normalized spacial score (nSPS) is 27.3. The minimum Gasteiger partial charge on any atom is -0.475 e. The lowest BCUT2D eigenvalue weighted by atomic mass is 9.75. The van der Waals surface area contributed by atoms with Crippen LogP contribution in [0.5, 0.6) is 0 Å². The molecular formula is C19H29F3N2O5. The summed E-state index contributed by atoms with van der Waals surface area (Å²) in [6, 6.07) is 0. The summed E-state index contributed by atoms with van der Waals surface area (Å²) in [6.07, 6.45) is -0.511. The zero-order chi connectivity index (χ0) is 21.8. The summed E-state index contributed by atoms with van der Waals surface area (Å²) in [7, 11) is 0. The number of halogens is 3. The molecule has 29 heavy (non-hydrogen) atoms. The van der Waals surface area contributed by atoms with Crippen LogP contribution in [0.4, 0.5) is 13.2 Å². The number of likely N-dealkylation sites (tertiary alicyclic amines) is 2. The van der Waals surface area contributed by atoms with E-state index in [1.54, 1.807) is 6.92 Å². The summed E-state index contributed by atoms with van der Waals surface area (Å²) in [5.41, 5.74) is -0.472. The van der Waals surface area contributed by atoms with E-state index in [0.29, 0.717) is 19.7 Å². The fourth-order valence-electron chi connectivity index (χ4n) is 4.19. The van der Waals surface area contributed by atoms with Gasteiger partial charge in [-0.3, -0.25) is 9.59 Å². The van der Waals surface area contributed by atoms with E-state index in [0.717, 1.165) is 38.4 Å². The van der Waals surface area contributed by atoms with Crippen LogP contribution in [-0.2, 0) is 19.1 Å². The van der Waals surface area contributed by atoms with Crippen molar-refractivity contribution >= 4 is 17.8 Å². The minimum atomic E-state index is -5.08. The number of hydrogen-bond acceptors (Lipinski definition) is 5. The standard InChI is InChI=1S/C17H28N2O3.C2HF3O2/c1-3-22-16(21)17-7-4-8-18(9-14-5-6-14)10-15(17)11-19(12-17)13(2)20;3-2(4,5)1(6)7/h14-15H,3-12H2,1-2H3;(H,6,7)/t15-,17-;/m0./s1. The molecule has 10 heteroatoms. The summed E-state index contributed by atoms with van der Waals surface area (Å²) in [4.78, 5) is 37.8. The van der Waals surface area contributed by atoms with Gasteiger partial charge in [0.2, 0.25) is 5.91 Å². The quantitative estimate of drug-likeness (QED) is 0.699. The number of aliphatic carboxylic acids is 1. The smallest absolute Gasteiger partial charge is 0.475 e. The highest BCUT2D eigenvalue weighted by Gasteiger charge is 2.54. The Morgan fingerprint density at radius 2 is 1.83 bits per heavy atom. The Morgan fingerprint density at radius 3 is 2.31 bits per heavy atom. The van der Waals surface area contributed by atoms with Gasteiger partial charge in [-0.05, 0) is 45.1 Å². The van der Waals surface area contributed by atoms with Gasteiger partial charge in [0, 0.05) is 39.0 Å². The summed E-state index contributed by atoms with van der Waals surface area (Å²) >= 11 is 0. The van der Waals surface area contributed by atoms with Crippen molar-refractivity contribution in [2.24, 2.45) is 17.3 Å². The summed E-state index contributed by atoms with van der Waals surface area (Å²) in [5.74, 6) is -1.69. The van der Waals surface area contributed by atoms with Gasteiger partial charge < -0.3 is 19.6 Å². The van der Waals surface area contributed by atoms with Crippen LogP contribution < -0.4 is 0 Å². The second-order valence-corrected chi connectivity index (χ2v) is 8.08. The predicted octanol–water partition coefficient (Wildman–Crippen LogP) is 2.15. The number of carbonyl (C=O) groups is 3. The van der Waals surface area contributed by atoms with Crippen LogP contribution in [0.1, 0.15) is 39.5 Å². The molecule has 0 aromatic rings. The van der Waals surface area contributed by atoms with Gasteiger partial charge in [0.05, 0.1) is 12.0 Å². The fourth-order valence-corrected chi connectivity index (χ4v) is 4.19. The molecule has 0 bridgehead atoms. The Kier molecular flexibility index (Phi) is 7.53. The number of rotatable bonds is 4. The SMILES string of the molecule is CCOC(=O)[C@]12CCCN(CC3CC3)C[C@H]1CN(C(C)=O)C2.O=C(O)C(F)(F)F. The average Bonchev–Trinajstić information content (AvgIpc) is 3.38. The first kappa shape index (κ1) is 23.4. The molecule has 3 aliphatic rings. The Labute approximate surface area is 168 Å². The molecule has 2 heterocycles. The Balaban J connectivity index is 0.000000370. The number of ether oxygens (including phenoxy) is 1. The monoisotopic (exact) mass is 422 g/mol. The molecule has 1 aliphatic carbocycles. The third-order valence-corrected chi connectivity index (χ3v) is 5.85. The number of amides is 1. The lowest BCUT2D eigenvalue weighted by Crippen LogP contribution is -2.43. The van der Waals surface area contributed by atoms with Crippen LogP contribution in [0.25, 0.3) is 0 Å². The van der Waals surface area contributed by atoms with Gasteiger partial charge in [-0.15, -0.1) is 0 Å². The van der Waals surface area contributed by atoms with E-state index >= 15 is 0 Å². The topological polar surface area (TPSA) is 87.2 Å². The maximum Gasteiger partial charge on any atom is 0.490 e. The van der Waals surface area contributed by atoms with E-state index in [2.05, 4.69) is 4.90 Å². The van der Waals surface area contributed by atoms with Crippen molar-refractivity contribution in [1.29, 1.82) is 0 Å². The third-order valence-electron chi connectivity index (χ3n) is 5.85. The largest absolute Gasteiger partial charge is 0.490 e. The van der Waals surface area contributed by atoms with Gasteiger partial charge in [0.25, 0.3) is 0 Å². The van der Waals surface area contributed by atoms with E-state index in [9.17, 15) is 22.8 Å². The Hall–Kier alpha value is -1.84. The number of hydrogen-bond donors (Lipinski definition) is 1. The summed E-state index contributed by atoms with van der Waals surface area (Å²) < 4.78 is 37.1. The van der Waals surface area contributed by atoms with Gasteiger partial charge in [0.15, 0.2) is 0 Å². The maximum atomic E-state index is 12.7. The Bertz CT molecular complexity index is 623. The molecule has 0 unspecified atom stereocenters.